The number of hydrogen-bond donors (Lipinski definition) is 2. The fourth-order valence-electron chi connectivity index (χ4n) is 1.15. The molecule has 2 rings (SSSR count). The van der Waals surface area contributed by atoms with Gasteiger partial charge in [0, 0.05) is 10.6 Å². The number of aromatic carboxylic acids is 1. The number of carbonyl (C=O) groups is 1. The lowest BCUT2D eigenvalue weighted by Crippen LogP contribution is -1.99. The summed E-state index contributed by atoms with van der Waals surface area (Å²) in [6, 6.07) is 4.59. The average molecular weight is 236 g/mol. The van der Waals surface area contributed by atoms with Gasteiger partial charge in [-0.15, -0.1) is 0 Å². The summed E-state index contributed by atoms with van der Waals surface area (Å²) < 4.78 is 5.03. The molecule has 3 N–H and O–H groups in total. The van der Waals surface area contributed by atoms with Crippen LogP contribution in [0.15, 0.2) is 45.2 Å². The van der Waals surface area contributed by atoms with Crippen molar-refractivity contribution in [1.82, 2.24) is 4.98 Å². The van der Waals surface area contributed by atoms with E-state index in [1.165, 1.54) is 18.5 Å². The monoisotopic (exact) mass is 236 g/mol. The number of oxazole rings is 1. The summed E-state index contributed by atoms with van der Waals surface area (Å²) in [5.74, 6) is -1.01. The lowest BCUT2D eigenvalue weighted by atomic mass is 10.2. The van der Waals surface area contributed by atoms with Gasteiger partial charge in [0.2, 0.25) is 0 Å². The van der Waals surface area contributed by atoms with E-state index in [2.05, 4.69) is 4.98 Å². The highest BCUT2D eigenvalue weighted by atomic mass is 32.2. The minimum atomic E-state index is -1.01. The first-order valence-electron chi connectivity index (χ1n) is 4.37. The van der Waals surface area contributed by atoms with Crippen molar-refractivity contribution in [1.29, 1.82) is 0 Å². The quantitative estimate of drug-likeness (QED) is 0.793. The highest BCUT2D eigenvalue weighted by molar-refractivity contribution is 7.99. The van der Waals surface area contributed by atoms with Crippen molar-refractivity contribution in [3.05, 3.63) is 36.2 Å². The van der Waals surface area contributed by atoms with Crippen LogP contribution < -0.4 is 5.73 Å². The van der Waals surface area contributed by atoms with E-state index in [4.69, 9.17) is 15.3 Å². The summed E-state index contributed by atoms with van der Waals surface area (Å²) in [6.07, 6.45) is 2.92. The number of hydrogen-bond acceptors (Lipinski definition) is 5. The lowest BCUT2D eigenvalue weighted by Gasteiger charge is -2.03. The molecule has 82 valence electrons. The predicted molar refractivity (Wildman–Crippen MR) is 58.4 cm³/mol. The molecule has 1 aromatic carbocycles. The molecule has 2 aromatic rings. The molecule has 1 heterocycles. The van der Waals surface area contributed by atoms with Gasteiger partial charge in [-0.1, -0.05) is 0 Å². The van der Waals surface area contributed by atoms with Gasteiger partial charge < -0.3 is 15.3 Å². The average Bonchev–Trinajstić information content (AvgIpc) is 2.70. The van der Waals surface area contributed by atoms with Crippen LogP contribution in [0.2, 0.25) is 0 Å². The van der Waals surface area contributed by atoms with Crippen LogP contribution in [0.25, 0.3) is 0 Å². The molecular formula is C10H8N2O3S. The SMILES string of the molecule is Nc1ccc(C(=O)O)c(Sc2ncco2)c1. The molecule has 0 atom stereocenters. The number of carboxylic acids is 1. The van der Waals surface area contributed by atoms with Gasteiger partial charge in [-0.05, 0) is 30.0 Å². The highest BCUT2D eigenvalue weighted by Crippen LogP contribution is 2.30. The van der Waals surface area contributed by atoms with Crippen LogP contribution in [-0.4, -0.2) is 16.1 Å². The van der Waals surface area contributed by atoms with Gasteiger partial charge in [-0.3, -0.25) is 0 Å². The van der Waals surface area contributed by atoms with Gasteiger partial charge in [0.25, 0.3) is 5.22 Å². The molecule has 5 nitrogen and oxygen atoms in total. The van der Waals surface area contributed by atoms with Crippen LogP contribution in [0, 0.1) is 0 Å². The van der Waals surface area contributed by atoms with Crippen molar-refractivity contribution in [3.63, 3.8) is 0 Å². The van der Waals surface area contributed by atoms with E-state index >= 15 is 0 Å². The van der Waals surface area contributed by atoms with Crippen LogP contribution in [-0.2, 0) is 0 Å². The van der Waals surface area contributed by atoms with E-state index in [0.717, 1.165) is 11.8 Å². The molecule has 0 spiro atoms. The number of aromatic nitrogens is 1. The number of rotatable bonds is 3. The second-order valence-electron chi connectivity index (χ2n) is 2.96. The molecule has 0 aliphatic heterocycles. The van der Waals surface area contributed by atoms with Gasteiger partial charge in [0.15, 0.2) is 0 Å². The van der Waals surface area contributed by atoms with E-state index in [9.17, 15) is 4.79 Å². The molecule has 6 heteroatoms. The predicted octanol–water partition coefficient (Wildman–Crippen LogP) is 2.11. The van der Waals surface area contributed by atoms with E-state index in [1.807, 2.05) is 0 Å². The Balaban J connectivity index is 2.38. The highest BCUT2D eigenvalue weighted by Gasteiger charge is 2.13. The van der Waals surface area contributed by atoms with Crippen molar-refractivity contribution in [2.45, 2.75) is 10.1 Å². The molecule has 0 fully saturated rings. The van der Waals surface area contributed by atoms with E-state index in [0.29, 0.717) is 15.8 Å². The number of nitrogens with two attached hydrogens (primary N) is 1. The molecule has 0 radical (unpaired) electrons. The van der Waals surface area contributed by atoms with Crippen molar-refractivity contribution >= 4 is 23.4 Å². The molecular weight excluding hydrogens is 228 g/mol. The van der Waals surface area contributed by atoms with Gasteiger partial charge in [-0.2, -0.15) is 0 Å². The maximum atomic E-state index is 11.0. The summed E-state index contributed by atoms with van der Waals surface area (Å²) in [4.78, 5) is 15.4. The molecule has 0 amide bonds. The molecule has 16 heavy (non-hydrogen) atoms. The molecule has 0 saturated heterocycles. The maximum absolute atomic E-state index is 11.0. The van der Waals surface area contributed by atoms with Crippen molar-refractivity contribution < 1.29 is 14.3 Å². The normalized spacial score (nSPS) is 10.2. The van der Waals surface area contributed by atoms with Crippen LogP contribution in [0.3, 0.4) is 0 Å². The van der Waals surface area contributed by atoms with Crippen LogP contribution in [0.4, 0.5) is 5.69 Å². The number of benzene rings is 1. The van der Waals surface area contributed by atoms with Crippen molar-refractivity contribution in [3.8, 4) is 0 Å². The first-order chi connectivity index (χ1) is 7.66. The minimum absolute atomic E-state index is 0.178. The number of carboxylic acid groups (broad SMARTS) is 1. The third kappa shape index (κ3) is 2.17. The molecule has 0 unspecified atom stereocenters. The van der Waals surface area contributed by atoms with Crippen LogP contribution in [0.5, 0.6) is 0 Å². The number of nitrogen functional groups attached to an aromatic ring is 1. The second-order valence-corrected chi connectivity index (χ2v) is 3.95. The largest absolute Gasteiger partial charge is 0.478 e. The van der Waals surface area contributed by atoms with Gasteiger partial charge in [0.05, 0.1) is 11.8 Å². The zero-order valence-corrected chi connectivity index (χ0v) is 8.90. The number of anilines is 1. The van der Waals surface area contributed by atoms with Crippen LogP contribution >= 0.6 is 11.8 Å². The van der Waals surface area contributed by atoms with Gasteiger partial charge >= 0.3 is 5.97 Å². The molecule has 0 saturated carbocycles. The van der Waals surface area contributed by atoms with Crippen LogP contribution in [0.1, 0.15) is 10.4 Å². The minimum Gasteiger partial charge on any atom is -0.478 e. The van der Waals surface area contributed by atoms with E-state index in [1.54, 1.807) is 12.1 Å². The summed E-state index contributed by atoms with van der Waals surface area (Å²) in [6.45, 7) is 0. The Kier molecular flexibility index (Phi) is 2.82. The Labute approximate surface area is 95.3 Å². The third-order valence-corrected chi connectivity index (χ3v) is 2.78. The summed E-state index contributed by atoms with van der Waals surface area (Å²) in [7, 11) is 0. The van der Waals surface area contributed by atoms with Crippen molar-refractivity contribution in [2.75, 3.05) is 5.73 Å². The first-order valence-corrected chi connectivity index (χ1v) is 5.18. The Hall–Kier alpha value is -1.95. The van der Waals surface area contributed by atoms with E-state index < -0.39 is 5.97 Å². The summed E-state index contributed by atoms with van der Waals surface area (Å²) in [5.41, 5.74) is 6.28. The Morgan fingerprint density at radius 1 is 1.50 bits per heavy atom. The van der Waals surface area contributed by atoms with E-state index in [-0.39, 0.29) is 5.56 Å². The Morgan fingerprint density at radius 3 is 2.94 bits per heavy atom. The van der Waals surface area contributed by atoms with Gasteiger partial charge in [-0.25, -0.2) is 9.78 Å². The molecule has 0 aliphatic carbocycles. The second kappa shape index (κ2) is 4.28. The summed E-state index contributed by atoms with van der Waals surface area (Å²) in [5, 5.41) is 9.36. The third-order valence-electron chi connectivity index (χ3n) is 1.84. The smallest absolute Gasteiger partial charge is 0.336 e. The Bertz CT molecular complexity index is 511. The fourth-order valence-corrected chi connectivity index (χ4v) is 2.02. The maximum Gasteiger partial charge on any atom is 0.336 e. The topological polar surface area (TPSA) is 89.4 Å². The number of nitrogens with zero attached hydrogens (tertiary/aromatic N) is 1. The fraction of sp³-hybridized carbons (Fsp3) is 0. The summed E-state index contributed by atoms with van der Waals surface area (Å²) >= 11 is 1.12. The molecule has 1 aromatic heterocycles. The molecule has 0 aliphatic rings. The first kappa shape index (κ1) is 10.6. The van der Waals surface area contributed by atoms with Crippen molar-refractivity contribution in [2.24, 2.45) is 0 Å². The van der Waals surface area contributed by atoms with Gasteiger partial charge in [0.1, 0.15) is 6.26 Å². The Morgan fingerprint density at radius 2 is 2.31 bits per heavy atom. The zero-order chi connectivity index (χ0) is 11.5. The zero-order valence-electron chi connectivity index (χ0n) is 8.08. The lowest BCUT2D eigenvalue weighted by molar-refractivity contribution is 0.0693. The standard InChI is InChI=1S/C10H8N2O3S/c11-6-1-2-7(9(13)14)8(5-6)16-10-12-3-4-15-10/h1-5H,11H2,(H,13,14). The molecule has 0 bridgehead atoms.